The van der Waals surface area contributed by atoms with Crippen molar-refractivity contribution in [1.29, 1.82) is 0 Å². The van der Waals surface area contributed by atoms with Gasteiger partial charge in [0.1, 0.15) is 0 Å². The van der Waals surface area contributed by atoms with E-state index < -0.39 is 0 Å². The molecule has 0 aliphatic carbocycles. The number of rotatable bonds is 5. The van der Waals surface area contributed by atoms with E-state index in [0.717, 1.165) is 18.4 Å². The Labute approximate surface area is 147 Å². The number of pyridine rings is 2. The summed E-state index contributed by atoms with van der Waals surface area (Å²) in [6.07, 6.45) is 6.98. The first-order valence-corrected chi connectivity index (χ1v) is 8.67. The zero-order valence-electron chi connectivity index (χ0n) is 14.4. The van der Waals surface area contributed by atoms with Gasteiger partial charge < -0.3 is 14.2 Å². The summed E-state index contributed by atoms with van der Waals surface area (Å²) in [5.41, 5.74) is 1.38. The minimum absolute atomic E-state index is 0.0777. The Morgan fingerprint density at radius 1 is 1.32 bits per heavy atom. The van der Waals surface area contributed by atoms with E-state index in [0.29, 0.717) is 31.8 Å². The maximum atomic E-state index is 12.6. The molecule has 0 N–H and O–H groups in total. The van der Waals surface area contributed by atoms with E-state index in [-0.39, 0.29) is 17.6 Å². The van der Waals surface area contributed by atoms with E-state index >= 15 is 0 Å². The molecule has 1 aliphatic rings. The van der Waals surface area contributed by atoms with Gasteiger partial charge in [0, 0.05) is 49.9 Å². The van der Waals surface area contributed by atoms with Crippen molar-refractivity contribution in [2.45, 2.75) is 39.0 Å². The van der Waals surface area contributed by atoms with Crippen LogP contribution in [0.2, 0.25) is 0 Å². The van der Waals surface area contributed by atoms with Crippen molar-refractivity contribution in [3.05, 3.63) is 64.3 Å². The van der Waals surface area contributed by atoms with E-state index in [4.69, 9.17) is 4.74 Å². The Kier molecular flexibility index (Phi) is 5.60. The van der Waals surface area contributed by atoms with E-state index in [1.165, 1.54) is 6.07 Å². The first-order valence-electron chi connectivity index (χ1n) is 8.67. The van der Waals surface area contributed by atoms with Crippen LogP contribution in [-0.2, 0) is 17.9 Å². The zero-order valence-corrected chi connectivity index (χ0v) is 14.4. The molecule has 132 valence electrons. The summed E-state index contributed by atoms with van der Waals surface area (Å²) in [6, 6.07) is 7.03. The monoisotopic (exact) mass is 341 g/mol. The van der Waals surface area contributed by atoms with Gasteiger partial charge in [0.15, 0.2) is 0 Å². The molecule has 0 bridgehead atoms. The molecule has 0 saturated carbocycles. The van der Waals surface area contributed by atoms with E-state index in [1.807, 2.05) is 19.1 Å². The molecule has 25 heavy (non-hydrogen) atoms. The number of hydrogen-bond acceptors (Lipinski definition) is 4. The van der Waals surface area contributed by atoms with Crippen molar-refractivity contribution in [3.8, 4) is 0 Å². The first kappa shape index (κ1) is 17.4. The van der Waals surface area contributed by atoms with Crippen molar-refractivity contribution in [2.75, 3.05) is 13.1 Å². The lowest BCUT2D eigenvalue weighted by Crippen LogP contribution is -2.41. The van der Waals surface area contributed by atoms with Crippen molar-refractivity contribution < 1.29 is 9.53 Å². The third kappa shape index (κ3) is 4.33. The van der Waals surface area contributed by atoms with Crippen LogP contribution in [-0.4, -0.2) is 39.6 Å². The topological polar surface area (TPSA) is 64.4 Å². The van der Waals surface area contributed by atoms with Crippen molar-refractivity contribution in [3.63, 3.8) is 0 Å². The summed E-state index contributed by atoms with van der Waals surface area (Å²) >= 11 is 0. The number of aryl methyl sites for hydroxylation is 1. The second-order valence-corrected chi connectivity index (χ2v) is 6.20. The van der Waals surface area contributed by atoms with Crippen LogP contribution < -0.4 is 5.56 Å². The molecule has 1 amide bonds. The second kappa shape index (κ2) is 8.07. The summed E-state index contributed by atoms with van der Waals surface area (Å²) in [7, 11) is 0. The van der Waals surface area contributed by atoms with Gasteiger partial charge in [-0.3, -0.25) is 14.6 Å². The molecule has 6 heteroatoms. The fourth-order valence-electron chi connectivity index (χ4n) is 3.01. The minimum atomic E-state index is -0.136. The fraction of sp³-hybridized carbons (Fsp3) is 0.421. The van der Waals surface area contributed by atoms with E-state index in [9.17, 15) is 9.59 Å². The summed E-state index contributed by atoms with van der Waals surface area (Å²) in [5.74, 6) is -0.0777. The van der Waals surface area contributed by atoms with Gasteiger partial charge >= 0.3 is 0 Å². The highest BCUT2D eigenvalue weighted by Gasteiger charge is 2.24. The van der Waals surface area contributed by atoms with Gasteiger partial charge in [-0.05, 0) is 37.5 Å². The van der Waals surface area contributed by atoms with Crippen LogP contribution >= 0.6 is 0 Å². The maximum Gasteiger partial charge on any atom is 0.254 e. The average molecular weight is 341 g/mol. The Morgan fingerprint density at radius 3 is 2.76 bits per heavy atom. The van der Waals surface area contributed by atoms with Gasteiger partial charge in [-0.25, -0.2) is 0 Å². The molecule has 3 rings (SSSR count). The molecule has 0 aromatic carbocycles. The summed E-state index contributed by atoms with van der Waals surface area (Å²) < 4.78 is 7.50. The average Bonchev–Trinajstić information content (AvgIpc) is 2.67. The van der Waals surface area contributed by atoms with Crippen molar-refractivity contribution in [2.24, 2.45) is 0 Å². The lowest BCUT2D eigenvalue weighted by Gasteiger charge is -2.32. The SMILES string of the molecule is CCn1ccc(C(=O)N2CCC(OCc3cccnc3)CC2)cc1=O. The number of likely N-dealkylation sites (tertiary alicyclic amines) is 1. The molecule has 1 aliphatic heterocycles. The first-order chi connectivity index (χ1) is 12.2. The minimum Gasteiger partial charge on any atom is -0.373 e. The molecule has 1 saturated heterocycles. The number of carbonyl (C=O) groups is 1. The third-order valence-electron chi connectivity index (χ3n) is 4.52. The molecule has 0 radical (unpaired) electrons. The Morgan fingerprint density at radius 2 is 2.12 bits per heavy atom. The van der Waals surface area contributed by atoms with Gasteiger partial charge in [-0.1, -0.05) is 6.07 Å². The summed E-state index contributed by atoms with van der Waals surface area (Å²) in [5, 5.41) is 0. The van der Waals surface area contributed by atoms with Crippen LogP contribution in [0.3, 0.4) is 0 Å². The Balaban J connectivity index is 1.52. The largest absolute Gasteiger partial charge is 0.373 e. The number of aromatic nitrogens is 2. The third-order valence-corrected chi connectivity index (χ3v) is 4.52. The number of ether oxygens (including phenoxy) is 1. The molecular formula is C19H23N3O3. The Bertz CT molecular complexity index is 765. The van der Waals surface area contributed by atoms with Crippen LogP contribution in [0.25, 0.3) is 0 Å². The van der Waals surface area contributed by atoms with Crippen LogP contribution in [0.1, 0.15) is 35.7 Å². The molecule has 2 aromatic heterocycles. The molecule has 0 unspecified atom stereocenters. The highest BCUT2D eigenvalue weighted by molar-refractivity contribution is 5.94. The van der Waals surface area contributed by atoms with Gasteiger partial charge in [-0.15, -0.1) is 0 Å². The quantitative estimate of drug-likeness (QED) is 0.835. The molecule has 1 fully saturated rings. The van der Waals surface area contributed by atoms with E-state index in [1.54, 1.807) is 34.1 Å². The molecular weight excluding hydrogens is 318 g/mol. The fourth-order valence-corrected chi connectivity index (χ4v) is 3.01. The normalized spacial score (nSPS) is 15.3. The number of piperidine rings is 1. The second-order valence-electron chi connectivity index (χ2n) is 6.20. The molecule has 2 aromatic rings. The van der Waals surface area contributed by atoms with Crippen LogP contribution in [0.15, 0.2) is 47.7 Å². The van der Waals surface area contributed by atoms with Gasteiger partial charge in [0.25, 0.3) is 11.5 Å². The molecule has 0 atom stereocenters. The van der Waals surface area contributed by atoms with Crippen LogP contribution in [0.5, 0.6) is 0 Å². The predicted molar refractivity (Wildman–Crippen MR) is 94.3 cm³/mol. The number of carbonyl (C=O) groups excluding carboxylic acids is 1. The predicted octanol–water partition coefficient (Wildman–Crippen LogP) is 2.08. The number of nitrogens with zero attached hydrogens (tertiary/aromatic N) is 3. The lowest BCUT2D eigenvalue weighted by atomic mass is 10.1. The maximum absolute atomic E-state index is 12.6. The standard InChI is InChI=1S/C19H23N3O3/c1-2-21-9-5-16(12-18(21)23)19(24)22-10-6-17(7-11-22)25-14-15-4-3-8-20-13-15/h3-5,8-9,12-13,17H,2,6-7,10-11,14H2,1H3. The zero-order chi connectivity index (χ0) is 17.6. The lowest BCUT2D eigenvalue weighted by molar-refractivity contribution is -0.000476. The van der Waals surface area contributed by atoms with Gasteiger partial charge in [0.05, 0.1) is 12.7 Å². The smallest absolute Gasteiger partial charge is 0.254 e. The van der Waals surface area contributed by atoms with Gasteiger partial charge in [0.2, 0.25) is 0 Å². The Hall–Kier alpha value is -2.47. The molecule has 3 heterocycles. The molecule has 6 nitrogen and oxygen atoms in total. The summed E-state index contributed by atoms with van der Waals surface area (Å²) in [6.45, 7) is 4.34. The van der Waals surface area contributed by atoms with Crippen LogP contribution in [0, 0.1) is 0 Å². The van der Waals surface area contributed by atoms with Crippen molar-refractivity contribution >= 4 is 5.91 Å². The highest BCUT2D eigenvalue weighted by atomic mass is 16.5. The van der Waals surface area contributed by atoms with E-state index in [2.05, 4.69) is 4.98 Å². The van der Waals surface area contributed by atoms with Crippen LogP contribution in [0.4, 0.5) is 0 Å². The molecule has 0 spiro atoms. The number of amides is 1. The van der Waals surface area contributed by atoms with Crippen molar-refractivity contribution in [1.82, 2.24) is 14.5 Å². The number of hydrogen-bond donors (Lipinski definition) is 0. The highest BCUT2D eigenvalue weighted by Crippen LogP contribution is 2.17. The van der Waals surface area contributed by atoms with Gasteiger partial charge in [-0.2, -0.15) is 0 Å². The summed E-state index contributed by atoms with van der Waals surface area (Å²) in [4.78, 5) is 30.3.